The van der Waals surface area contributed by atoms with Crippen molar-refractivity contribution in [3.05, 3.63) is 85.4 Å². The molecule has 1 amide bonds. The van der Waals surface area contributed by atoms with Gasteiger partial charge in [0.15, 0.2) is 0 Å². The standard InChI is InChI=1S/C18H16ClN3O2S/c1-21(12-14-7-9-16(19)25-14)18(24)15-8-10-17(23)22(20-15)11-13-5-3-2-4-6-13/h2-10H,11-12H2,1H3. The molecule has 25 heavy (non-hydrogen) atoms. The number of hydrogen-bond donors (Lipinski definition) is 0. The largest absolute Gasteiger partial charge is 0.335 e. The SMILES string of the molecule is CN(Cc1ccc(Cl)s1)C(=O)c1ccc(=O)n(Cc2ccccc2)n1. The van der Waals surface area contributed by atoms with Gasteiger partial charge >= 0.3 is 0 Å². The molecule has 0 radical (unpaired) electrons. The van der Waals surface area contributed by atoms with Crippen molar-refractivity contribution in [2.24, 2.45) is 0 Å². The molecule has 0 aliphatic heterocycles. The minimum atomic E-state index is -0.244. The smallest absolute Gasteiger partial charge is 0.274 e. The highest BCUT2D eigenvalue weighted by atomic mass is 35.5. The molecule has 1 aromatic carbocycles. The number of aromatic nitrogens is 2. The van der Waals surface area contributed by atoms with Crippen molar-refractivity contribution in [3.8, 4) is 0 Å². The summed E-state index contributed by atoms with van der Waals surface area (Å²) in [7, 11) is 1.70. The Hall–Kier alpha value is -2.44. The number of benzene rings is 1. The fourth-order valence-electron chi connectivity index (χ4n) is 2.37. The zero-order chi connectivity index (χ0) is 17.8. The lowest BCUT2D eigenvalue weighted by Crippen LogP contribution is -2.31. The molecular formula is C18H16ClN3O2S. The Kier molecular flexibility index (Phi) is 5.31. The summed E-state index contributed by atoms with van der Waals surface area (Å²) in [5.74, 6) is -0.244. The molecule has 0 saturated carbocycles. The number of rotatable bonds is 5. The number of carbonyl (C=O) groups is 1. The molecule has 0 fully saturated rings. The molecule has 3 rings (SSSR count). The second-order valence-electron chi connectivity index (χ2n) is 5.57. The van der Waals surface area contributed by atoms with E-state index in [-0.39, 0.29) is 17.2 Å². The Labute approximate surface area is 154 Å². The summed E-state index contributed by atoms with van der Waals surface area (Å²) in [6, 6.07) is 16.1. The molecule has 0 unspecified atom stereocenters. The van der Waals surface area contributed by atoms with Crippen LogP contribution in [0.2, 0.25) is 4.34 Å². The Morgan fingerprint density at radius 2 is 1.92 bits per heavy atom. The van der Waals surface area contributed by atoms with Gasteiger partial charge in [0.25, 0.3) is 11.5 Å². The number of nitrogens with zero attached hydrogens (tertiary/aromatic N) is 3. The normalized spacial score (nSPS) is 10.6. The second kappa shape index (κ2) is 7.63. The summed E-state index contributed by atoms with van der Waals surface area (Å²) < 4.78 is 1.99. The van der Waals surface area contributed by atoms with E-state index in [1.54, 1.807) is 18.0 Å². The van der Waals surface area contributed by atoms with Crippen molar-refractivity contribution in [3.63, 3.8) is 0 Å². The Balaban J connectivity index is 1.78. The molecule has 0 atom stereocenters. The van der Waals surface area contributed by atoms with Gasteiger partial charge in [-0.15, -0.1) is 11.3 Å². The van der Waals surface area contributed by atoms with Crippen molar-refractivity contribution in [1.29, 1.82) is 0 Å². The van der Waals surface area contributed by atoms with Gasteiger partial charge in [-0.1, -0.05) is 41.9 Å². The van der Waals surface area contributed by atoms with Crippen LogP contribution >= 0.6 is 22.9 Å². The van der Waals surface area contributed by atoms with Crippen LogP contribution in [0.25, 0.3) is 0 Å². The quantitative estimate of drug-likeness (QED) is 0.689. The van der Waals surface area contributed by atoms with Gasteiger partial charge in [-0.3, -0.25) is 9.59 Å². The molecule has 0 spiro atoms. The van der Waals surface area contributed by atoms with Crippen LogP contribution in [0.4, 0.5) is 0 Å². The highest BCUT2D eigenvalue weighted by molar-refractivity contribution is 7.16. The lowest BCUT2D eigenvalue weighted by atomic mass is 10.2. The van der Waals surface area contributed by atoms with E-state index >= 15 is 0 Å². The van der Waals surface area contributed by atoms with E-state index in [0.717, 1.165) is 10.4 Å². The van der Waals surface area contributed by atoms with Gasteiger partial charge in [0.05, 0.1) is 17.4 Å². The predicted molar refractivity (Wildman–Crippen MR) is 99.2 cm³/mol. The maximum absolute atomic E-state index is 12.6. The summed E-state index contributed by atoms with van der Waals surface area (Å²) in [5.41, 5.74) is 0.942. The molecule has 7 heteroatoms. The van der Waals surface area contributed by atoms with Gasteiger partial charge in [0.2, 0.25) is 0 Å². The molecule has 5 nitrogen and oxygen atoms in total. The average molecular weight is 374 g/mol. The first-order valence-electron chi connectivity index (χ1n) is 7.65. The van der Waals surface area contributed by atoms with E-state index in [0.29, 0.717) is 17.4 Å². The zero-order valence-electron chi connectivity index (χ0n) is 13.6. The van der Waals surface area contributed by atoms with E-state index in [4.69, 9.17) is 11.6 Å². The molecule has 0 bridgehead atoms. The van der Waals surface area contributed by atoms with Crippen LogP contribution in [0.1, 0.15) is 20.9 Å². The molecule has 2 aromatic heterocycles. The zero-order valence-corrected chi connectivity index (χ0v) is 15.1. The number of amides is 1. The van der Waals surface area contributed by atoms with Gasteiger partial charge in [0.1, 0.15) is 5.69 Å². The van der Waals surface area contributed by atoms with E-state index in [2.05, 4.69) is 5.10 Å². The fourth-order valence-corrected chi connectivity index (χ4v) is 3.51. The van der Waals surface area contributed by atoms with Crippen molar-refractivity contribution in [1.82, 2.24) is 14.7 Å². The lowest BCUT2D eigenvalue weighted by Gasteiger charge is -2.16. The van der Waals surface area contributed by atoms with E-state index in [1.165, 1.54) is 28.2 Å². The minimum Gasteiger partial charge on any atom is -0.335 e. The Bertz CT molecular complexity index is 937. The van der Waals surface area contributed by atoms with Crippen molar-refractivity contribution in [2.45, 2.75) is 13.1 Å². The molecule has 0 N–H and O–H groups in total. The third-order valence-electron chi connectivity index (χ3n) is 3.63. The number of halogens is 1. The monoisotopic (exact) mass is 373 g/mol. The van der Waals surface area contributed by atoms with E-state index in [1.807, 2.05) is 36.4 Å². The van der Waals surface area contributed by atoms with Crippen molar-refractivity contribution < 1.29 is 4.79 Å². The van der Waals surface area contributed by atoms with Crippen LogP contribution in [0.5, 0.6) is 0 Å². The van der Waals surface area contributed by atoms with Gasteiger partial charge in [0, 0.05) is 18.0 Å². The molecule has 0 aliphatic carbocycles. The van der Waals surface area contributed by atoms with Crippen molar-refractivity contribution in [2.75, 3.05) is 7.05 Å². The Morgan fingerprint density at radius 3 is 2.60 bits per heavy atom. The van der Waals surface area contributed by atoms with E-state index in [9.17, 15) is 9.59 Å². The van der Waals surface area contributed by atoms with Crippen LogP contribution in [0.3, 0.4) is 0 Å². The summed E-state index contributed by atoms with van der Waals surface area (Å²) in [6.07, 6.45) is 0. The third-order valence-corrected chi connectivity index (χ3v) is 4.85. The summed E-state index contributed by atoms with van der Waals surface area (Å²) in [5, 5.41) is 4.23. The lowest BCUT2D eigenvalue weighted by molar-refractivity contribution is 0.0778. The van der Waals surface area contributed by atoms with Gasteiger partial charge in [-0.25, -0.2) is 4.68 Å². The molecule has 2 heterocycles. The highest BCUT2D eigenvalue weighted by Gasteiger charge is 2.16. The van der Waals surface area contributed by atoms with E-state index < -0.39 is 0 Å². The van der Waals surface area contributed by atoms with Gasteiger partial charge < -0.3 is 4.90 Å². The van der Waals surface area contributed by atoms with Crippen LogP contribution < -0.4 is 5.56 Å². The second-order valence-corrected chi connectivity index (χ2v) is 7.37. The molecular weight excluding hydrogens is 358 g/mol. The first kappa shape index (κ1) is 17.4. The average Bonchev–Trinajstić information content (AvgIpc) is 3.02. The number of hydrogen-bond acceptors (Lipinski definition) is 4. The number of thiophene rings is 1. The molecule has 0 aliphatic rings. The first-order valence-corrected chi connectivity index (χ1v) is 8.84. The minimum absolute atomic E-state index is 0.237. The highest BCUT2D eigenvalue weighted by Crippen LogP contribution is 2.22. The van der Waals surface area contributed by atoms with Crippen molar-refractivity contribution >= 4 is 28.8 Å². The third kappa shape index (κ3) is 4.35. The maximum Gasteiger partial charge on any atom is 0.274 e. The number of carbonyl (C=O) groups excluding carboxylic acids is 1. The van der Waals surface area contributed by atoms with Gasteiger partial charge in [-0.05, 0) is 23.8 Å². The van der Waals surface area contributed by atoms with Crippen LogP contribution in [-0.4, -0.2) is 27.6 Å². The van der Waals surface area contributed by atoms with Crippen LogP contribution in [0, 0.1) is 0 Å². The Morgan fingerprint density at radius 1 is 1.16 bits per heavy atom. The van der Waals surface area contributed by atoms with Crippen LogP contribution in [0.15, 0.2) is 59.4 Å². The molecule has 128 valence electrons. The predicted octanol–water partition coefficient (Wildman–Crippen LogP) is 3.28. The molecule has 0 saturated heterocycles. The van der Waals surface area contributed by atoms with Gasteiger partial charge in [-0.2, -0.15) is 5.10 Å². The summed E-state index contributed by atoms with van der Waals surface area (Å²) in [4.78, 5) is 27.2. The fraction of sp³-hybridized carbons (Fsp3) is 0.167. The maximum atomic E-state index is 12.6. The summed E-state index contributed by atoms with van der Waals surface area (Å²) in [6.45, 7) is 0.765. The summed E-state index contributed by atoms with van der Waals surface area (Å²) >= 11 is 7.35. The first-order chi connectivity index (χ1) is 12.0. The molecule has 3 aromatic rings. The topological polar surface area (TPSA) is 55.2 Å². The van der Waals surface area contributed by atoms with Crippen LogP contribution in [-0.2, 0) is 13.1 Å².